The lowest BCUT2D eigenvalue weighted by molar-refractivity contribution is -0.135. The summed E-state index contributed by atoms with van der Waals surface area (Å²) in [6.45, 7) is 0.0261. The highest BCUT2D eigenvalue weighted by atomic mass is 19.3. The number of rotatable bonds is 6. The molecule has 10 nitrogen and oxygen atoms in total. The highest BCUT2D eigenvalue weighted by molar-refractivity contribution is 5.93. The highest BCUT2D eigenvalue weighted by Crippen LogP contribution is 2.39. The maximum absolute atomic E-state index is 14.6. The van der Waals surface area contributed by atoms with Crippen LogP contribution in [0, 0.1) is 24.0 Å². The number of para-hydroxylation sites is 1. The van der Waals surface area contributed by atoms with Crippen LogP contribution in [-0.4, -0.2) is 71.2 Å². The SMILES string of the molecule is C#Cc1c(F)ccc(Nc2ncnc3cc(OC)c(O[C@H]4CCN(C)CC4(F)F)cc23)c1F.COc1nc(N)c2ccccc2n1. The van der Waals surface area contributed by atoms with Crippen molar-refractivity contribution in [1.29, 1.82) is 0 Å². The summed E-state index contributed by atoms with van der Waals surface area (Å²) in [5, 5.41) is 3.98. The molecule has 6 rings (SSSR count). The number of fused-ring (bicyclic) bond motifs is 2. The van der Waals surface area contributed by atoms with Gasteiger partial charge in [0.1, 0.15) is 23.8 Å². The maximum Gasteiger partial charge on any atom is 0.318 e. The van der Waals surface area contributed by atoms with E-state index in [4.69, 9.17) is 26.4 Å². The van der Waals surface area contributed by atoms with Crippen LogP contribution in [0.1, 0.15) is 12.0 Å². The van der Waals surface area contributed by atoms with Crippen LogP contribution in [0.3, 0.4) is 0 Å². The second kappa shape index (κ2) is 13.3. The number of halogens is 4. The van der Waals surface area contributed by atoms with E-state index in [1.165, 1.54) is 43.6 Å². The van der Waals surface area contributed by atoms with Gasteiger partial charge >= 0.3 is 6.01 Å². The molecule has 5 aromatic rings. The minimum atomic E-state index is -3.07. The Morgan fingerprint density at radius 2 is 1.78 bits per heavy atom. The topological polar surface area (TPSA) is 121 Å². The molecule has 3 N–H and O–H groups in total. The van der Waals surface area contributed by atoms with E-state index < -0.39 is 35.8 Å². The number of hydrogen-bond donors (Lipinski definition) is 2. The number of anilines is 3. The number of likely N-dealkylation sites (tertiary alicyclic amines) is 1. The molecule has 14 heteroatoms. The quantitative estimate of drug-likeness (QED) is 0.181. The van der Waals surface area contributed by atoms with Gasteiger partial charge in [0, 0.05) is 29.8 Å². The minimum absolute atomic E-state index is 0.0703. The van der Waals surface area contributed by atoms with Crippen LogP contribution in [0.5, 0.6) is 17.5 Å². The standard InChI is InChI=1S/C23H20F4N4O2.C9H9N3O/c1-4-13-15(24)5-6-16(21(13)25)30-22-14-9-19(18(32-3)10-17(14)28-12-29-22)33-20-7-8-31(2)11-23(20,26)27;1-13-9-11-7-5-3-2-4-6(7)8(10)12-9/h1,5-6,9-10,12,20H,7-8,11H2,2-3H3,(H,28,29,30);2-5H,1H3,(H2,10,11,12)/t20-;/m0./s1. The third-order valence-corrected chi connectivity index (χ3v) is 7.20. The van der Waals surface area contributed by atoms with Crippen molar-refractivity contribution in [3.05, 3.63) is 72.1 Å². The van der Waals surface area contributed by atoms with Crippen LogP contribution in [-0.2, 0) is 0 Å². The summed E-state index contributed by atoms with van der Waals surface area (Å²) < 4.78 is 73.4. The number of alkyl halides is 2. The first-order valence-electron chi connectivity index (χ1n) is 13.9. The van der Waals surface area contributed by atoms with Gasteiger partial charge in [-0.3, -0.25) is 0 Å². The van der Waals surface area contributed by atoms with Gasteiger partial charge in [-0.1, -0.05) is 18.1 Å². The molecule has 3 heterocycles. The Kier molecular flexibility index (Phi) is 9.24. The van der Waals surface area contributed by atoms with Gasteiger partial charge in [-0.25, -0.2) is 27.5 Å². The number of ether oxygens (including phenoxy) is 3. The average molecular weight is 636 g/mol. The summed E-state index contributed by atoms with van der Waals surface area (Å²) in [5.74, 6) is -2.04. The van der Waals surface area contributed by atoms with Crippen molar-refractivity contribution in [2.75, 3.05) is 45.4 Å². The number of methoxy groups -OCH3 is 2. The molecule has 1 fully saturated rings. The van der Waals surface area contributed by atoms with Crippen LogP contribution >= 0.6 is 0 Å². The van der Waals surface area contributed by atoms with E-state index in [-0.39, 0.29) is 29.4 Å². The van der Waals surface area contributed by atoms with Crippen LogP contribution < -0.4 is 25.3 Å². The lowest BCUT2D eigenvalue weighted by atomic mass is 10.0. The highest BCUT2D eigenvalue weighted by Gasteiger charge is 2.45. The normalized spacial score (nSPS) is 15.8. The molecular weight excluding hydrogens is 606 g/mol. The number of nitrogens with two attached hydrogens (primary N) is 1. The average Bonchev–Trinajstić information content (AvgIpc) is 3.04. The van der Waals surface area contributed by atoms with E-state index in [0.717, 1.165) is 17.0 Å². The fourth-order valence-corrected chi connectivity index (χ4v) is 4.88. The van der Waals surface area contributed by atoms with Gasteiger partial charge in [-0.05, 0) is 37.4 Å². The molecule has 46 heavy (non-hydrogen) atoms. The molecule has 0 saturated carbocycles. The minimum Gasteiger partial charge on any atom is -0.493 e. The van der Waals surface area contributed by atoms with E-state index in [9.17, 15) is 17.6 Å². The predicted molar refractivity (Wildman–Crippen MR) is 166 cm³/mol. The first kappa shape index (κ1) is 32.0. The van der Waals surface area contributed by atoms with Gasteiger partial charge in [0.05, 0.1) is 43.0 Å². The monoisotopic (exact) mass is 635 g/mol. The molecule has 2 aromatic heterocycles. The Morgan fingerprint density at radius 3 is 2.50 bits per heavy atom. The second-order valence-corrected chi connectivity index (χ2v) is 10.3. The zero-order valence-corrected chi connectivity index (χ0v) is 25.0. The number of nitrogens with one attached hydrogen (secondary N) is 1. The largest absolute Gasteiger partial charge is 0.493 e. The van der Waals surface area contributed by atoms with Gasteiger partial charge in [-0.2, -0.15) is 9.97 Å². The van der Waals surface area contributed by atoms with Crippen molar-refractivity contribution in [3.8, 4) is 29.9 Å². The summed E-state index contributed by atoms with van der Waals surface area (Å²) in [6.07, 6.45) is 5.20. The first-order chi connectivity index (χ1) is 22.0. The van der Waals surface area contributed by atoms with Gasteiger partial charge in [0.25, 0.3) is 5.92 Å². The van der Waals surface area contributed by atoms with Gasteiger partial charge < -0.3 is 30.2 Å². The Labute approximate surface area is 261 Å². The Bertz CT molecular complexity index is 1940. The Hall–Kier alpha value is -5.42. The summed E-state index contributed by atoms with van der Waals surface area (Å²) in [7, 11) is 4.52. The van der Waals surface area contributed by atoms with Crippen molar-refractivity contribution in [2.45, 2.75) is 18.4 Å². The fourth-order valence-electron chi connectivity index (χ4n) is 4.88. The Balaban J connectivity index is 0.000000266. The van der Waals surface area contributed by atoms with Crippen LogP contribution in [0.15, 0.2) is 54.9 Å². The number of benzene rings is 3. The molecule has 3 aromatic carbocycles. The molecule has 0 bridgehead atoms. The van der Waals surface area contributed by atoms with Gasteiger partial charge in [0.2, 0.25) is 0 Å². The number of terminal acetylenes is 1. The molecule has 1 aliphatic rings. The number of nitrogens with zero attached hydrogens (tertiary/aromatic N) is 5. The van der Waals surface area contributed by atoms with Crippen molar-refractivity contribution in [1.82, 2.24) is 24.8 Å². The summed E-state index contributed by atoms with van der Waals surface area (Å²) in [4.78, 5) is 17.9. The summed E-state index contributed by atoms with van der Waals surface area (Å²) >= 11 is 0. The molecular formula is C32H29F4N7O3. The van der Waals surface area contributed by atoms with Crippen molar-refractivity contribution >= 4 is 39.1 Å². The smallest absolute Gasteiger partial charge is 0.318 e. The second-order valence-electron chi connectivity index (χ2n) is 10.3. The van der Waals surface area contributed by atoms with E-state index in [1.807, 2.05) is 30.2 Å². The molecule has 0 spiro atoms. The molecule has 0 unspecified atom stereocenters. The predicted octanol–water partition coefficient (Wildman–Crippen LogP) is 5.58. The molecule has 1 aliphatic heterocycles. The number of aromatic nitrogens is 4. The number of piperidine rings is 1. The molecule has 0 aliphatic carbocycles. The number of hydrogen-bond acceptors (Lipinski definition) is 10. The summed E-state index contributed by atoms with van der Waals surface area (Å²) in [5.41, 5.74) is 6.27. The third-order valence-electron chi connectivity index (χ3n) is 7.20. The van der Waals surface area contributed by atoms with Crippen molar-refractivity contribution < 1.29 is 31.8 Å². The van der Waals surface area contributed by atoms with E-state index >= 15 is 0 Å². The van der Waals surface area contributed by atoms with E-state index in [2.05, 4.69) is 25.3 Å². The first-order valence-corrected chi connectivity index (χ1v) is 13.9. The van der Waals surface area contributed by atoms with Crippen molar-refractivity contribution in [3.63, 3.8) is 0 Å². The Morgan fingerprint density at radius 1 is 1.00 bits per heavy atom. The molecule has 238 valence electrons. The van der Waals surface area contributed by atoms with Crippen LogP contribution in [0.25, 0.3) is 21.8 Å². The number of nitrogen functional groups attached to an aromatic ring is 1. The van der Waals surface area contributed by atoms with Gasteiger partial charge in [0.15, 0.2) is 23.4 Å². The molecule has 1 saturated heterocycles. The third kappa shape index (κ3) is 6.64. The molecule has 0 amide bonds. The lowest BCUT2D eigenvalue weighted by Crippen LogP contribution is -2.52. The zero-order chi connectivity index (χ0) is 33.0. The van der Waals surface area contributed by atoms with Gasteiger partial charge in [-0.15, -0.1) is 6.42 Å². The molecule has 0 radical (unpaired) electrons. The molecule has 1 atom stereocenters. The maximum atomic E-state index is 14.6. The van der Waals surface area contributed by atoms with Crippen LogP contribution in [0.2, 0.25) is 0 Å². The van der Waals surface area contributed by atoms with Crippen molar-refractivity contribution in [2.24, 2.45) is 0 Å². The van der Waals surface area contributed by atoms with E-state index in [1.54, 1.807) is 7.05 Å². The van der Waals surface area contributed by atoms with E-state index in [0.29, 0.717) is 29.3 Å². The van der Waals surface area contributed by atoms with Crippen LogP contribution in [0.4, 0.5) is 34.9 Å². The zero-order valence-electron chi connectivity index (χ0n) is 25.0. The summed E-state index contributed by atoms with van der Waals surface area (Å²) in [6, 6.07) is 13.0. The fraction of sp³-hybridized carbons (Fsp3) is 0.250. The lowest BCUT2D eigenvalue weighted by Gasteiger charge is -2.36.